The molecule has 1 N–H and O–H groups in total. The Balaban J connectivity index is 1.26. The number of nitrogens with one attached hydrogen (secondary N) is 1. The van der Waals surface area contributed by atoms with Gasteiger partial charge in [-0.15, -0.1) is 0 Å². The molecule has 0 bridgehead atoms. The second-order valence-corrected chi connectivity index (χ2v) is 6.80. The van der Waals surface area contributed by atoms with E-state index in [2.05, 4.69) is 45.4 Å². The van der Waals surface area contributed by atoms with Gasteiger partial charge in [-0.05, 0) is 51.0 Å². The zero-order valence-corrected chi connectivity index (χ0v) is 14.3. The minimum absolute atomic E-state index is 0.715. The van der Waals surface area contributed by atoms with Gasteiger partial charge in [0.15, 0.2) is 0 Å². The van der Waals surface area contributed by atoms with E-state index in [0.717, 1.165) is 39.4 Å². The summed E-state index contributed by atoms with van der Waals surface area (Å²) in [6.07, 6.45) is 3.82. The zero-order valence-electron chi connectivity index (χ0n) is 14.3. The van der Waals surface area contributed by atoms with Crippen molar-refractivity contribution in [2.75, 3.05) is 52.5 Å². The van der Waals surface area contributed by atoms with E-state index in [1.54, 1.807) is 0 Å². The molecule has 0 aromatic heterocycles. The van der Waals surface area contributed by atoms with Crippen LogP contribution < -0.4 is 5.32 Å². The number of morpholine rings is 1. The van der Waals surface area contributed by atoms with Crippen molar-refractivity contribution in [1.29, 1.82) is 0 Å². The van der Waals surface area contributed by atoms with Crippen molar-refractivity contribution in [3.8, 4) is 0 Å². The fraction of sp³-hybridized carbons (Fsp3) is 0.684. The van der Waals surface area contributed by atoms with Crippen LogP contribution in [0.4, 0.5) is 0 Å². The monoisotopic (exact) mass is 317 g/mol. The van der Waals surface area contributed by atoms with Gasteiger partial charge in [-0.1, -0.05) is 30.3 Å². The summed E-state index contributed by atoms with van der Waals surface area (Å²) >= 11 is 0. The predicted octanol–water partition coefficient (Wildman–Crippen LogP) is 1.96. The van der Waals surface area contributed by atoms with Crippen molar-refractivity contribution in [1.82, 2.24) is 15.1 Å². The molecule has 0 spiro atoms. The van der Waals surface area contributed by atoms with E-state index >= 15 is 0 Å². The first-order valence-electron chi connectivity index (χ1n) is 9.20. The second kappa shape index (κ2) is 9.38. The Kier molecular flexibility index (Phi) is 6.89. The first kappa shape index (κ1) is 16.9. The molecule has 2 aliphatic rings. The first-order valence-corrected chi connectivity index (χ1v) is 9.20. The average molecular weight is 317 g/mol. The van der Waals surface area contributed by atoms with Crippen molar-refractivity contribution >= 4 is 0 Å². The van der Waals surface area contributed by atoms with Crippen molar-refractivity contribution < 1.29 is 4.74 Å². The quantitative estimate of drug-likeness (QED) is 0.778. The fourth-order valence-corrected chi connectivity index (χ4v) is 3.57. The Labute approximate surface area is 140 Å². The second-order valence-electron chi connectivity index (χ2n) is 6.80. The molecule has 0 radical (unpaired) electrons. The van der Waals surface area contributed by atoms with E-state index in [0.29, 0.717) is 6.04 Å². The van der Waals surface area contributed by atoms with Crippen molar-refractivity contribution in [3.05, 3.63) is 35.9 Å². The number of likely N-dealkylation sites (tertiary alicyclic amines) is 1. The molecule has 0 amide bonds. The molecule has 4 nitrogen and oxygen atoms in total. The van der Waals surface area contributed by atoms with Crippen molar-refractivity contribution in [2.45, 2.75) is 31.8 Å². The highest BCUT2D eigenvalue weighted by atomic mass is 16.5. The van der Waals surface area contributed by atoms with Crippen LogP contribution in [0, 0.1) is 0 Å². The molecule has 0 atom stereocenters. The Bertz CT molecular complexity index is 426. The lowest BCUT2D eigenvalue weighted by molar-refractivity contribution is 0.0373. The minimum atomic E-state index is 0.715. The predicted molar refractivity (Wildman–Crippen MR) is 94.6 cm³/mol. The van der Waals surface area contributed by atoms with E-state index < -0.39 is 0 Å². The van der Waals surface area contributed by atoms with Gasteiger partial charge in [0.05, 0.1) is 13.2 Å². The summed E-state index contributed by atoms with van der Waals surface area (Å²) in [5.74, 6) is 0. The highest BCUT2D eigenvalue weighted by Crippen LogP contribution is 2.13. The molecule has 2 heterocycles. The van der Waals surface area contributed by atoms with Gasteiger partial charge in [-0.2, -0.15) is 0 Å². The molecule has 2 aliphatic heterocycles. The maximum absolute atomic E-state index is 5.39. The highest BCUT2D eigenvalue weighted by molar-refractivity contribution is 5.14. The lowest BCUT2D eigenvalue weighted by Crippen LogP contribution is -2.43. The van der Waals surface area contributed by atoms with E-state index in [1.807, 2.05) is 0 Å². The Morgan fingerprint density at radius 1 is 0.957 bits per heavy atom. The Morgan fingerprint density at radius 2 is 1.70 bits per heavy atom. The number of benzene rings is 1. The zero-order chi connectivity index (χ0) is 15.7. The van der Waals surface area contributed by atoms with Crippen LogP contribution in [-0.4, -0.2) is 68.3 Å². The fourth-order valence-electron chi connectivity index (χ4n) is 3.57. The maximum Gasteiger partial charge on any atom is 0.0594 e. The summed E-state index contributed by atoms with van der Waals surface area (Å²) in [7, 11) is 0. The third-order valence-corrected chi connectivity index (χ3v) is 5.02. The third-order valence-electron chi connectivity index (χ3n) is 5.02. The summed E-state index contributed by atoms with van der Waals surface area (Å²) < 4.78 is 5.39. The molecular formula is C19H31N3O. The van der Waals surface area contributed by atoms with Crippen LogP contribution in [0.1, 0.15) is 24.8 Å². The van der Waals surface area contributed by atoms with Crippen LogP contribution in [0.15, 0.2) is 30.3 Å². The Morgan fingerprint density at radius 3 is 2.43 bits per heavy atom. The molecule has 1 aromatic carbocycles. The first-order chi connectivity index (χ1) is 11.4. The third kappa shape index (κ3) is 5.88. The molecule has 0 unspecified atom stereocenters. The molecule has 3 rings (SSSR count). The van der Waals surface area contributed by atoms with Gasteiger partial charge < -0.3 is 10.1 Å². The van der Waals surface area contributed by atoms with Gasteiger partial charge in [-0.25, -0.2) is 0 Å². The number of hydrogen-bond acceptors (Lipinski definition) is 4. The molecule has 23 heavy (non-hydrogen) atoms. The minimum Gasteiger partial charge on any atom is -0.379 e. The number of ether oxygens (including phenoxy) is 1. The van der Waals surface area contributed by atoms with E-state index in [4.69, 9.17) is 4.74 Å². The molecule has 2 fully saturated rings. The van der Waals surface area contributed by atoms with Gasteiger partial charge in [0.1, 0.15) is 0 Å². The van der Waals surface area contributed by atoms with Gasteiger partial charge in [-0.3, -0.25) is 9.80 Å². The molecule has 0 aliphatic carbocycles. The van der Waals surface area contributed by atoms with Gasteiger partial charge in [0.25, 0.3) is 0 Å². The molecule has 0 saturated carbocycles. The number of nitrogens with zero attached hydrogens (tertiary/aromatic N) is 2. The van der Waals surface area contributed by atoms with Crippen LogP contribution >= 0.6 is 0 Å². The molecular weight excluding hydrogens is 286 g/mol. The van der Waals surface area contributed by atoms with Crippen LogP contribution in [0.5, 0.6) is 0 Å². The van der Waals surface area contributed by atoms with Gasteiger partial charge in [0, 0.05) is 25.7 Å². The van der Waals surface area contributed by atoms with Crippen LogP contribution in [0.3, 0.4) is 0 Å². The average Bonchev–Trinajstić information content (AvgIpc) is 2.62. The Hall–Kier alpha value is -0.940. The largest absolute Gasteiger partial charge is 0.379 e. The van der Waals surface area contributed by atoms with Crippen molar-refractivity contribution in [2.24, 2.45) is 0 Å². The summed E-state index contributed by atoms with van der Waals surface area (Å²) in [4.78, 5) is 5.11. The molecule has 4 heteroatoms. The molecule has 2 saturated heterocycles. The van der Waals surface area contributed by atoms with Gasteiger partial charge >= 0.3 is 0 Å². The lowest BCUT2D eigenvalue weighted by Gasteiger charge is -2.33. The maximum atomic E-state index is 5.39. The standard InChI is InChI=1S/C19H31N3O/c1-2-5-18(6-3-1)17-22-11-7-19(8-12-22)20-9-4-10-21-13-15-23-16-14-21/h1-3,5-6,19-20H,4,7-17H2. The van der Waals surface area contributed by atoms with Crippen LogP contribution in [-0.2, 0) is 11.3 Å². The normalized spacial score (nSPS) is 21.6. The van der Waals surface area contributed by atoms with E-state index in [1.165, 1.54) is 44.5 Å². The highest BCUT2D eigenvalue weighted by Gasteiger charge is 2.18. The summed E-state index contributed by atoms with van der Waals surface area (Å²) in [6, 6.07) is 11.5. The summed E-state index contributed by atoms with van der Waals surface area (Å²) in [6.45, 7) is 9.94. The topological polar surface area (TPSA) is 27.7 Å². The van der Waals surface area contributed by atoms with Crippen LogP contribution in [0.2, 0.25) is 0 Å². The van der Waals surface area contributed by atoms with E-state index in [-0.39, 0.29) is 0 Å². The SMILES string of the molecule is c1ccc(CN2CCC(NCCCN3CCOCC3)CC2)cc1. The number of hydrogen-bond donors (Lipinski definition) is 1. The number of piperidine rings is 1. The smallest absolute Gasteiger partial charge is 0.0594 e. The van der Waals surface area contributed by atoms with Crippen molar-refractivity contribution in [3.63, 3.8) is 0 Å². The lowest BCUT2D eigenvalue weighted by atomic mass is 10.0. The molecule has 1 aromatic rings. The summed E-state index contributed by atoms with van der Waals surface area (Å²) in [5.41, 5.74) is 1.43. The van der Waals surface area contributed by atoms with Gasteiger partial charge in [0.2, 0.25) is 0 Å². The van der Waals surface area contributed by atoms with Crippen LogP contribution in [0.25, 0.3) is 0 Å². The number of rotatable bonds is 7. The molecule has 128 valence electrons. The summed E-state index contributed by atoms with van der Waals surface area (Å²) in [5, 5.41) is 3.76. The van der Waals surface area contributed by atoms with E-state index in [9.17, 15) is 0 Å².